The molecule has 0 radical (unpaired) electrons. The van der Waals surface area contributed by atoms with Crippen molar-refractivity contribution in [1.82, 2.24) is 5.43 Å². The highest BCUT2D eigenvalue weighted by Crippen LogP contribution is 2.32. The fraction of sp³-hybridized carbons (Fsp3) is 0.333. The molecule has 6 nitrogen and oxygen atoms in total. The predicted molar refractivity (Wildman–Crippen MR) is 66.6 cm³/mol. The molecule has 6 heteroatoms. The zero-order valence-corrected chi connectivity index (χ0v) is 10.1. The van der Waals surface area contributed by atoms with E-state index in [0.717, 1.165) is 23.5 Å². The number of primary amides is 1. The number of nitrogens with zero attached hydrogens (tertiary/aromatic N) is 1. The molecule has 1 aromatic rings. The molecule has 1 unspecified atom stereocenters. The molecule has 2 rings (SSSR count). The van der Waals surface area contributed by atoms with Crippen LogP contribution >= 0.6 is 0 Å². The van der Waals surface area contributed by atoms with Crippen LogP contribution in [0.15, 0.2) is 23.3 Å². The third-order valence-corrected chi connectivity index (χ3v) is 2.50. The van der Waals surface area contributed by atoms with Crippen molar-refractivity contribution < 1.29 is 14.3 Å². The molecule has 18 heavy (non-hydrogen) atoms. The second-order valence-corrected chi connectivity index (χ2v) is 4.12. The first-order valence-electron chi connectivity index (χ1n) is 5.62. The van der Waals surface area contributed by atoms with E-state index in [1.54, 1.807) is 6.21 Å². The van der Waals surface area contributed by atoms with Gasteiger partial charge in [0.2, 0.25) is 6.79 Å². The maximum absolute atomic E-state index is 10.4. The van der Waals surface area contributed by atoms with Gasteiger partial charge in [-0.1, -0.05) is 13.0 Å². The first kappa shape index (κ1) is 12.2. The van der Waals surface area contributed by atoms with Gasteiger partial charge in [0.1, 0.15) is 0 Å². The average Bonchev–Trinajstić information content (AvgIpc) is 2.75. The molecular weight excluding hydrogens is 234 g/mol. The van der Waals surface area contributed by atoms with Crippen molar-refractivity contribution >= 4 is 12.2 Å². The van der Waals surface area contributed by atoms with Gasteiger partial charge >= 0.3 is 6.03 Å². The van der Waals surface area contributed by atoms with E-state index < -0.39 is 6.03 Å². The maximum atomic E-state index is 10.4. The Morgan fingerprint density at radius 3 is 3.11 bits per heavy atom. The van der Waals surface area contributed by atoms with Crippen molar-refractivity contribution in [2.45, 2.75) is 13.3 Å². The lowest BCUT2D eigenvalue weighted by molar-refractivity contribution is 0.174. The van der Waals surface area contributed by atoms with Crippen molar-refractivity contribution in [3.8, 4) is 11.5 Å². The quantitative estimate of drug-likeness (QED) is 0.622. The monoisotopic (exact) mass is 249 g/mol. The van der Waals surface area contributed by atoms with Gasteiger partial charge in [-0.15, -0.1) is 0 Å². The number of carbonyl (C=O) groups excluding carboxylic acids is 1. The molecule has 1 aromatic carbocycles. The number of nitrogens with one attached hydrogen (secondary N) is 1. The summed E-state index contributed by atoms with van der Waals surface area (Å²) in [5.74, 6) is 1.72. The van der Waals surface area contributed by atoms with E-state index in [2.05, 4.69) is 10.5 Å². The molecule has 0 spiro atoms. The van der Waals surface area contributed by atoms with Gasteiger partial charge in [0.15, 0.2) is 11.5 Å². The number of amides is 2. The minimum Gasteiger partial charge on any atom is -0.454 e. The van der Waals surface area contributed by atoms with Gasteiger partial charge in [0.25, 0.3) is 0 Å². The summed E-state index contributed by atoms with van der Waals surface area (Å²) in [5, 5.41) is 3.73. The van der Waals surface area contributed by atoms with Crippen molar-refractivity contribution in [3.63, 3.8) is 0 Å². The Kier molecular flexibility index (Phi) is 3.66. The van der Waals surface area contributed by atoms with Gasteiger partial charge in [0, 0.05) is 6.21 Å². The number of hydrogen-bond donors (Lipinski definition) is 2. The average molecular weight is 249 g/mol. The van der Waals surface area contributed by atoms with Gasteiger partial charge in [-0.25, -0.2) is 10.2 Å². The smallest absolute Gasteiger partial charge is 0.332 e. The van der Waals surface area contributed by atoms with E-state index in [1.807, 2.05) is 25.1 Å². The second-order valence-electron chi connectivity index (χ2n) is 4.12. The Morgan fingerprint density at radius 2 is 2.33 bits per heavy atom. The lowest BCUT2D eigenvalue weighted by Crippen LogP contribution is -2.24. The standard InChI is InChI=1S/C12H15N3O3/c1-8(6-14-15-12(13)16)4-9-2-3-10-11(5-9)18-7-17-10/h2-3,5-6,8H,4,7H2,1H3,(H3,13,15,16)/b14-6+. The summed E-state index contributed by atoms with van der Waals surface area (Å²) < 4.78 is 10.5. The fourth-order valence-electron chi connectivity index (χ4n) is 1.72. The Morgan fingerprint density at radius 1 is 1.56 bits per heavy atom. The van der Waals surface area contributed by atoms with E-state index in [0.29, 0.717) is 0 Å². The van der Waals surface area contributed by atoms with Gasteiger partial charge in [0.05, 0.1) is 0 Å². The van der Waals surface area contributed by atoms with Crippen LogP contribution in [0.25, 0.3) is 0 Å². The van der Waals surface area contributed by atoms with E-state index >= 15 is 0 Å². The lowest BCUT2D eigenvalue weighted by Gasteiger charge is -2.06. The highest BCUT2D eigenvalue weighted by Gasteiger charge is 2.13. The third kappa shape index (κ3) is 3.13. The number of fused-ring (bicyclic) bond motifs is 1. The van der Waals surface area contributed by atoms with Crippen molar-refractivity contribution in [2.75, 3.05) is 6.79 Å². The molecule has 0 saturated heterocycles. The highest BCUT2D eigenvalue weighted by atomic mass is 16.7. The lowest BCUT2D eigenvalue weighted by atomic mass is 10.0. The second kappa shape index (κ2) is 5.39. The number of ether oxygens (including phenoxy) is 2. The zero-order chi connectivity index (χ0) is 13.0. The number of urea groups is 1. The largest absolute Gasteiger partial charge is 0.454 e. The molecule has 3 N–H and O–H groups in total. The van der Waals surface area contributed by atoms with Crippen LogP contribution in [-0.4, -0.2) is 19.0 Å². The van der Waals surface area contributed by atoms with E-state index in [1.165, 1.54) is 0 Å². The van der Waals surface area contributed by atoms with Crippen LogP contribution < -0.4 is 20.6 Å². The number of rotatable bonds is 4. The van der Waals surface area contributed by atoms with Crippen LogP contribution in [0.2, 0.25) is 0 Å². The van der Waals surface area contributed by atoms with Crippen molar-refractivity contribution in [3.05, 3.63) is 23.8 Å². The van der Waals surface area contributed by atoms with Crippen molar-refractivity contribution in [1.29, 1.82) is 0 Å². The predicted octanol–water partition coefficient (Wildman–Crippen LogP) is 1.25. The van der Waals surface area contributed by atoms with Crippen LogP contribution in [0.1, 0.15) is 12.5 Å². The minimum atomic E-state index is -0.665. The fourth-order valence-corrected chi connectivity index (χ4v) is 1.72. The Balaban J connectivity index is 1.93. The molecule has 96 valence electrons. The molecule has 2 amide bonds. The molecule has 1 aliphatic rings. The molecule has 1 heterocycles. The summed E-state index contributed by atoms with van der Waals surface area (Å²) in [6, 6.07) is 5.16. The first-order valence-corrected chi connectivity index (χ1v) is 5.62. The highest BCUT2D eigenvalue weighted by molar-refractivity contribution is 5.73. The summed E-state index contributed by atoms with van der Waals surface area (Å²) in [7, 11) is 0. The number of carbonyl (C=O) groups is 1. The number of benzene rings is 1. The maximum Gasteiger partial charge on any atom is 0.332 e. The summed E-state index contributed by atoms with van der Waals surface area (Å²) in [6.07, 6.45) is 2.44. The molecule has 0 aliphatic carbocycles. The third-order valence-electron chi connectivity index (χ3n) is 2.50. The summed E-state index contributed by atoms with van der Waals surface area (Å²) in [5.41, 5.74) is 8.19. The van der Waals surface area contributed by atoms with Crippen LogP contribution in [0.5, 0.6) is 11.5 Å². The molecular formula is C12H15N3O3. The number of hydrogen-bond acceptors (Lipinski definition) is 4. The normalized spacial score (nSPS) is 14.7. The molecule has 1 aliphatic heterocycles. The Hall–Kier alpha value is -2.24. The number of hydrazone groups is 1. The Labute approximate surface area is 105 Å². The van der Waals surface area contributed by atoms with Gasteiger partial charge in [-0.05, 0) is 30.0 Å². The number of nitrogens with two attached hydrogens (primary N) is 1. The molecule has 0 aromatic heterocycles. The molecule has 0 fully saturated rings. The van der Waals surface area contributed by atoms with E-state index in [-0.39, 0.29) is 12.7 Å². The van der Waals surface area contributed by atoms with Gasteiger partial charge < -0.3 is 15.2 Å². The van der Waals surface area contributed by atoms with Crippen LogP contribution in [0.4, 0.5) is 4.79 Å². The van der Waals surface area contributed by atoms with E-state index in [4.69, 9.17) is 15.2 Å². The minimum absolute atomic E-state index is 0.178. The molecule has 0 saturated carbocycles. The summed E-state index contributed by atoms with van der Waals surface area (Å²) >= 11 is 0. The van der Waals surface area contributed by atoms with Crippen molar-refractivity contribution in [2.24, 2.45) is 16.8 Å². The van der Waals surface area contributed by atoms with Crippen LogP contribution in [0, 0.1) is 5.92 Å². The zero-order valence-electron chi connectivity index (χ0n) is 10.1. The van der Waals surface area contributed by atoms with Crippen LogP contribution in [0.3, 0.4) is 0 Å². The SMILES string of the molecule is CC(/C=N/NC(N)=O)Cc1ccc2c(c1)OCO2. The topological polar surface area (TPSA) is 85.9 Å². The van der Waals surface area contributed by atoms with E-state index in [9.17, 15) is 4.79 Å². The van der Waals surface area contributed by atoms with Gasteiger partial charge in [-0.2, -0.15) is 5.10 Å². The molecule has 0 bridgehead atoms. The summed E-state index contributed by atoms with van der Waals surface area (Å²) in [4.78, 5) is 10.4. The summed E-state index contributed by atoms with van der Waals surface area (Å²) in [6.45, 7) is 2.27. The van der Waals surface area contributed by atoms with Gasteiger partial charge in [-0.3, -0.25) is 0 Å². The molecule has 1 atom stereocenters. The Bertz CT molecular complexity index is 474. The first-order chi connectivity index (χ1) is 8.65. The van der Waals surface area contributed by atoms with Crippen LogP contribution in [-0.2, 0) is 6.42 Å².